The molecular formula is C40H25N3S. The smallest absolute Gasteiger partial charge is 0.160 e. The van der Waals surface area contributed by atoms with Crippen LogP contribution in [0, 0.1) is 0 Å². The molecule has 3 aromatic heterocycles. The Bertz CT molecular complexity index is 2490. The minimum atomic E-state index is 0.745. The lowest BCUT2D eigenvalue weighted by Gasteiger charge is -2.11. The van der Waals surface area contributed by atoms with Gasteiger partial charge >= 0.3 is 0 Å². The first-order valence-corrected chi connectivity index (χ1v) is 15.6. The minimum absolute atomic E-state index is 0.745. The van der Waals surface area contributed by atoms with E-state index in [1.54, 1.807) is 11.3 Å². The predicted octanol–water partition coefficient (Wildman–Crippen LogP) is 10.9. The molecule has 44 heavy (non-hydrogen) atoms. The molecule has 0 saturated heterocycles. The summed E-state index contributed by atoms with van der Waals surface area (Å²) in [5, 5.41) is 3.67. The van der Waals surface area contributed by atoms with Gasteiger partial charge in [0.2, 0.25) is 0 Å². The van der Waals surface area contributed by atoms with Crippen molar-refractivity contribution in [2.24, 2.45) is 0 Å². The molecule has 0 spiro atoms. The average molecular weight is 580 g/mol. The van der Waals surface area contributed by atoms with Crippen LogP contribution in [0.15, 0.2) is 152 Å². The average Bonchev–Trinajstić information content (AvgIpc) is 3.65. The number of hydrogen-bond donors (Lipinski definition) is 0. The van der Waals surface area contributed by atoms with Crippen LogP contribution in [-0.2, 0) is 0 Å². The number of aromatic nitrogens is 3. The molecule has 0 fully saturated rings. The number of thiophene rings is 1. The van der Waals surface area contributed by atoms with Crippen LogP contribution < -0.4 is 0 Å². The zero-order valence-electron chi connectivity index (χ0n) is 23.7. The van der Waals surface area contributed by atoms with E-state index in [2.05, 4.69) is 138 Å². The van der Waals surface area contributed by atoms with E-state index < -0.39 is 0 Å². The van der Waals surface area contributed by atoms with E-state index in [-0.39, 0.29) is 0 Å². The molecule has 0 bridgehead atoms. The van der Waals surface area contributed by atoms with E-state index in [0.29, 0.717) is 0 Å². The SMILES string of the molecule is c1ccc(-c2nc(-c3cccc(-c4cccc5c4c4ccccc4n5-c4ccccc4)c3)c3sc4ccccc4c3n2)cc1. The first-order chi connectivity index (χ1) is 21.8. The lowest BCUT2D eigenvalue weighted by atomic mass is 9.97. The van der Waals surface area contributed by atoms with Gasteiger partial charge in [0.25, 0.3) is 0 Å². The Morgan fingerprint density at radius 1 is 0.500 bits per heavy atom. The van der Waals surface area contributed by atoms with Crippen molar-refractivity contribution in [3.63, 3.8) is 0 Å². The number of fused-ring (bicyclic) bond motifs is 6. The molecule has 0 aliphatic rings. The van der Waals surface area contributed by atoms with Crippen molar-refractivity contribution in [2.75, 3.05) is 0 Å². The van der Waals surface area contributed by atoms with Crippen LogP contribution in [-0.4, -0.2) is 14.5 Å². The van der Waals surface area contributed by atoms with Gasteiger partial charge in [0, 0.05) is 37.7 Å². The van der Waals surface area contributed by atoms with Crippen molar-refractivity contribution >= 4 is 53.4 Å². The van der Waals surface area contributed by atoms with Gasteiger partial charge in [-0.05, 0) is 47.5 Å². The monoisotopic (exact) mass is 579 g/mol. The Morgan fingerprint density at radius 3 is 2.02 bits per heavy atom. The quantitative estimate of drug-likeness (QED) is 0.208. The van der Waals surface area contributed by atoms with Gasteiger partial charge in [-0.1, -0.05) is 115 Å². The van der Waals surface area contributed by atoms with E-state index in [1.165, 1.54) is 37.5 Å². The van der Waals surface area contributed by atoms with Gasteiger partial charge < -0.3 is 4.57 Å². The van der Waals surface area contributed by atoms with Gasteiger partial charge in [-0.2, -0.15) is 0 Å². The first kappa shape index (κ1) is 25.0. The summed E-state index contributed by atoms with van der Waals surface area (Å²) in [6, 6.07) is 53.6. The van der Waals surface area contributed by atoms with Crippen LogP contribution in [0.5, 0.6) is 0 Å². The highest BCUT2D eigenvalue weighted by Gasteiger charge is 2.19. The molecule has 9 aromatic rings. The molecule has 0 amide bonds. The maximum atomic E-state index is 5.22. The third-order valence-electron chi connectivity index (χ3n) is 8.41. The molecule has 6 aromatic carbocycles. The molecule has 0 aliphatic heterocycles. The van der Waals surface area contributed by atoms with Gasteiger partial charge in [0.15, 0.2) is 5.82 Å². The van der Waals surface area contributed by atoms with Crippen LogP contribution >= 0.6 is 11.3 Å². The van der Waals surface area contributed by atoms with Crippen LogP contribution in [0.3, 0.4) is 0 Å². The van der Waals surface area contributed by atoms with Crippen molar-refractivity contribution in [1.29, 1.82) is 0 Å². The summed E-state index contributed by atoms with van der Waals surface area (Å²) < 4.78 is 4.70. The fraction of sp³-hybridized carbons (Fsp3) is 0. The lowest BCUT2D eigenvalue weighted by molar-refractivity contribution is 1.18. The molecular weight excluding hydrogens is 555 g/mol. The van der Waals surface area contributed by atoms with E-state index in [9.17, 15) is 0 Å². The van der Waals surface area contributed by atoms with Crippen molar-refractivity contribution in [1.82, 2.24) is 14.5 Å². The van der Waals surface area contributed by atoms with Gasteiger partial charge in [-0.3, -0.25) is 0 Å². The summed E-state index contributed by atoms with van der Waals surface area (Å²) in [5.74, 6) is 0.745. The van der Waals surface area contributed by atoms with Crippen LogP contribution in [0.2, 0.25) is 0 Å². The lowest BCUT2D eigenvalue weighted by Crippen LogP contribution is -1.94. The molecule has 0 atom stereocenters. The highest BCUT2D eigenvalue weighted by molar-refractivity contribution is 7.26. The normalized spacial score (nSPS) is 11.6. The molecule has 206 valence electrons. The van der Waals surface area contributed by atoms with E-state index in [1.807, 2.05) is 18.2 Å². The number of nitrogens with zero attached hydrogens (tertiary/aromatic N) is 3. The van der Waals surface area contributed by atoms with Crippen molar-refractivity contribution in [3.05, 3.63) is 152 Å². The zero-order valence-corrected chi connectivity index (χ0v) is 24.5. The molecule has 4 heteroatoms. The highest BCUT2D eigenvalue weighted by Crippen LogP contribution is 2.42. The predicted molar refractivity (Wildman–Crippen MR) is 186 cm³/mol. The second-order valence-corrected chi connectivity index (χ2v) is 12.1. The summed E-state index contributed by atoms with van der Waals surface area (Å²) in [4.78, 5) is 10.3. The van der Waals surface area contributed by atoms with Gasteiger partial charge in [-0.25, -0.2) is 9.97 Å². The first-order valence-electron chi connectivity index (χ1n) is 14.8. The Morgan fingerprint density at radius 2 is 1.16 bits per heavy atom. The number of para-hydroxylation sites is 2. The molecule has 3 nitrogen and oxygen atoms in total. The number of rotatable bonds is 4. The fourth-order valence-corrected chi connectivity index (χ4v) is 7.61. The van der Waals surface area contributed by atoms with Crippen molar-refractivity contribution in [3.8, 4) is 39.5 Å². The molecule has 3 heterocycles. The molecule has 0 N–H and O–H groups in total. The Kier molecular flexibility index (Phi) is 5.68. The maximum Gasteiger partial charge on any atom is 0.160 e. The summed E-state index contributed by atoms with van der Waals surface area (Å²) in [7, 11) is 0. The standard InChI is InChI=1S/C40H25N3S/c1-3-13-26(14-4-1)40-41-37(39-38(42-40)32-20-8-10-24-35(32)44-39)28-16-11-15-27(25-28)30-21-12-23-34-36(30)31-19-7-9-22-33(31)43(34)29-17-5-2-6-18-29/h1-25H. The third kappa shape index (κ3) is 3.89. The highest BCUT2D eigenvalue weighted by atomic mass is 32.1. The van der Waals surface area contributed by atoms with Gasteiger partial charge in [0.05, 0.1) is 26.9 Å². The van der Waals surface area contributed by atoms with Crippen molar-refractivity contribution < 1.29 is 0 Å². The topological polar surface area (TPSA) is 30.7 Å². The summed E-state index contributed by atoms with van der Waals surface area (Å²) in [6.45, 7) is 0. The van der Waals surface area contributed by atoms with E-state index >= 15 is 0 Å². The summed E-state index contributed by atoms with van der Waals surface area (Å²) in [6.07, 6.45) is 0. The third-order valence-corrected chi connectivity index (χ3v) is 9.58. The molecule has 0 aliphatic carbocycles. The van der Waals surface area contributed by atoms with E-state index in [0.717, 1.165) is 44.1 Å². The number of hydrogen-bond acceptors (Lipinski definition) is 3. The Labute approximate surface area is 258 Å². The van der Waals surface area contributed by atoms with Crippen molar-refractivity contribution in [2.45, 2.75) is 0 Å². The summed E-state index contributed by atoms with van der Waals surface area (Å²) in [5.41, 5.74) is 10.0. The van der Waals surface area contributed by atoms with Crippen LogP contribution in [0.25, 0.3) is 81.6 Å². The second kappa shape index (κ2) is 10.0. The van der Waals surface area contributed by atoms with Crippen LogP contribution in [0.4, 0.5) is 0 Å². The van der Waals surface area contributed by atoms with Gasteiger partial charge in [-0.15, -0.1) is 11.3 Å². The fourth-order valence-electron chi connectivity index (χ4n) is 6.45. The maximum absolute atomic E-state index is 5.22. The molecule has 9 rings (SSSR count). The number of benzene rings is 6. The molecule has 0 radical (unpaired) electrons. The van der Waals surface area contributed by atoms with E-state index in [4.69, 9.17) is 9.97 Å². The second-order valence-electron chi connectivity index (χ2n) is 11.0. The van der Waals surface area contributed by atoms with Gasteiger partial charge in [0.1, 0.15) is 0 Å². The Balaban J connectivity index is 1.30. The minimum Gasteiger partial charge on any atom is -0.309 e. The van der Waals surface area contributed by atoms with Crippen LogP contribution in [0.1, 0.15) is 0 Å². The zero-order chi connectivity index (χ0) is 29.0. The Hall–Kier alpha value is -5.58. The summed E-state index contributed by atoms with van der Waals surface area (Å²) >= 11 is 1.77. The largest absolute Gasteiger partial charge is 0.309 e. The molecule has 0 saturated carbocycles. The molecule has 0 unspecified atom stereocenters.